The molecule has 0 amide bonds. The molecule has 0 spiro atoms. The minimum absolute atomic E-state index is 0.407. The zero-order valence-corrected chi connectivity index (χ0v) is 8.72. The normalized spacial score (nSPS) is 22.1. The third-order valence-electron chi connectivity index (χ3n) is 3.09. The highest BCUT2D eigenvalue weighted by Gasteiger charge is 2.22. The number of anilines is 1. The van der Waals surface area contributed by atoms with Gasteiger partial charge in [-0.05, 0) is 23.3 Å². The van der Waals surface area contributed by atoms with Crippen molar-refractivity contribution < 1.29 is 0 Å². The van der Waals surface area contributed by atoms with Crippen molar-refractivity contribution >= 4 is 11.8 Å². The van der Waals surface area contributed by atoms with Crippen LogP contribution in [0.15, 0.2) is 54.1 Å². The number of fused-ring (bicyclic) bond motifs is 2. The molecule has 1 heteroatoms. The van der Waals surface area contributed by atoms with Crippen LogP contribution in [-0.2, 0) is 0 Å². The third-order valence-corrected chi connectivity index (χ3v) is 3.09. The molecule has 0 saturated carbocycles. The number of para-hydroxylation sites is 1. The van der Waals surface area contributed by atoms with Gasteiger partial charge in [0.1, 0.15) is 0 Å². The molecule has 1 aliphatic carbocycles. The lowest BCUT2D eigenvalue weighted by molar-refractivity contribution is 0.852. The Balaban J connectivity index is 2.19. The van der Waals surface area contributed by atoms with Crippen LogP contribution in [0.25, 0.3) is 6.08 Å². The van der Waals surface area contributed by atoms with Gasteiger partial charge in [0.05, 0.1) is 6.04 Å². The Hall–Kier alpha value is -1.76. The average molecular weight is 195 g/mol. The molecule has 0 saturated heterocycles. The number of hydrogen-bond acceptors (Lipinski definition) is 1. The number of nitrogens with zero attached hydrogens (tertiary/aromatic N) is 1. The molecular formula is C14H13N. The number of likely N-dealkylation sites (N-methyl/N-ethyl adjacent to an activating group) is 1. The lowest BCUT2D eigenvalue weighted by Gasteiger charge is -2.34. The Morgan fingerprint density at radius 2 is 2.00 bits per heavy atom. The molecular weight excluding hydrogens is 182 g/mol. The van der Waals surface area contributed by atoms with Gasteiger partial charge in [-0.1, -0.05) is 42.5 Å². The highest BCUT2D eigenvalue weighted by Crippen LogP contribution is 2.33. The van der Waals surface area contributed by atoms with E-state index in [-0.39, 0.29) is 0 Å². The fraction of sp³-hybridized carbons (Fsp3) is 0.143. The molecule has 0 N–H and O–H groups in total. The summed E-state index contributed by atoms with van der Waals surface area (Å²) >= 11 is 0. The Kier molecular flexibility index (Phi) is 1.78. The Morgan fingerprint density at radius 1 is 1.13 bits per heavy atom. The van der Waals surface area contributed by atoms with E-state index < -0.39 is 0 Å². The second kappa shape index (κ2) is 3.13. The molecule has 74 valence electrons. The maximum absolute atomic E-state index is 2.32. The van der Waals surface area contributed by atoms with Crippen LogP contribution in [0.3, 0.4) is 0 Å². The van der Waals surface area contributed by atoms with Crippen LogP contribution in [0.5, 0.6) is 0 Å². The van der Waals surface area contributed by atoms with Crippen LogP contribution in [0.1, 0.15) is 5.56 Å². The summed E-state index contributed by atoms with van der Waals surface area (Å²) in [7, 11) is 2.15. The summed E-state index contributed by atoms with van der Waals surface area (Å²) in [6.45, 7) is 0. The number of hydrogen-bond donors (Lipinski definition) is 0. The summed E-state index contributed by atoms with van der Waals surface area (Å²) in [6.07, 6.45) is 10.9. The average Bonchev–Trinajstić information content (AvgIpc) is 2.30. The van der Waals surface area contributed by atoms with E-state index in [1.807, 2.05) is 0 Å². The van der Waals surface area contributed by atoms with Gasteiger partial charge in [-0.15, -0.1) is 0 Å². The summed E-state index contributed by atoms with van der Waals surface area (Å²) in [5, 5.41) is 0. The van der Waals surface area contributed by atoms with Crippen LogP contribution in [0.4, 0.5) is 5.69 Å². The largest absolute Gasteiger partial charge is 0.364 e. The monoisotopic (exact) mass is 195 g/mol. The fourth-order valence-electron chi connectivity index (χ4n) is 2.29. The lowest BCUT2D eigenvalue weighted by atomic mass is 9.93. The molecule has 1 heterocycles. The molecule has 1 unspecified atom stereocenters. The van der Waals surface area contributed by atoms with Crippen LogP contribution >= 0.6 is 0 Å². The maximum Gasteiger partial charge on any atom is 0.0726 e. The lowest BCUT2D eigenvalue weighted by Crippen LogP contribution is -2.34. The first-order valence-electron chi connectivity index (χ1n) is 5.24. The second-order valence-corrected chi connectivity index (χ2v) is 4.00. The molecule has 15 heavy (non-hydrogen) atoms. The van der Waals surface area contributed by atoms with Crippen molar-refractivity contribution in [1.29, 1.82) is 0 Å². The standard InChI is InChI=1S/C14H13N/c1-15-13-8-4-2-6-11(13)10-12-7-3-5-9-14(12)15/h2-10,13H,1H3. The van der Waals surface area contributed by atoms with Gasteiger partial charge in [0.15, 0.2) is 0 Å². The molecule has 1 atom stereocenters. The van der Waals surface area contributed by atoms with E-state index in [2.05, 4.69) is 66.6 Å². The van der Waals surface area contributed by atoms with E-state index in [4.69, 9.17) is 0 Å². The van der Waals surface area contributed by atoms with Gasteiger partial charge >= 0.3 is 0 Å². The SMILES string of the molecule is CN1c2ccccc2C=C2C=CC=CC21. The summed E-state index contributed by atoms with van der Waals surface area (Å²) in [5.74, 6) is 0. The van der Waals surface area contributed by atoms with Gasteiger partial charge in [0, 0.05) is 12.7 Å². The summed E-state index contributed by atoms with van der Waals surface area (Å²) in [5.41, 5.74) is 4.00. The summed E-state index contributed by atoms with van der Waals surface area (Å²) in [4.78, 5) is 2.32. The minimum Gasteiger partial charge on any atom is -0.364 e. The summed E-state index contributed by atoms with van der Waals surface area (Å²) < 4.78 is 0. The molecule has 3 rings (SSSR count). The van der Waals surface area contributed by atoms with Crippen molar-refractivity contribution in [3.63, 3.8) is 0 Å². The quantitative estimate of drug-likeness (QED) is 0.615. The van der Waals surface area contributed by atoms with Crippen molar-refractivity contribution in [2.24, 2.45) is 0 Å². The van der Waals surface area contributed by atoms with Crippen LogP contribution in [-0.4, -0.2) is 13.1 Å². The fourth-order valence-corrected chi connectivity index (χ4v) is 2.29. The van der Waals surface area contributed by atoms with Crippen molar-refractivity contribution in [3.8, 4) is 0 Å². The highest BCUT2D eigenvalue weighted by molar-refractivity contribution is 5.77. The summed E-state index contributed by atoms with van der Waals surface area (Å²) in [6, 6.07) is 8.93. The van der Waals surface area contributed by atoms with E-state index in [1.165, 1.54) is 16.8 Å². The van der Waals surface area contributed by atoms with Crippen molar-refractivity contribution in [2.75, 3.05) is 11.9 Å². The van der Waals surface area contributed by atoms with E-state index in [0.29, 0.717) is 6.04 Å². The van der Waals surface area contributed by atoms with Crippen LogP contribution < -0.4 is 4.90 Å². The second-order valence-electron chi connectivity index (χ2n) is 4.00. The zero-order valence-electron chi connectivity index (χ0n) is 8.72. The van der Waals surface area contributed by atoms with Crippen molar-refractivity contribution in [2.45, 2.75) is 6.04 Å². The van der Waals surface area contributed by atoms with Gasteiger partial charge in [-0.2, -0.15) is 0 Å². The number of allylic oxidation sites excluding steroid dienone is 2. The molecule has 0 fully saturated rings. The molecule has 0 bridgehead atoms. The minimum atomic E-state index is 0.407. The smallest absolute Gasteiger partial charge is 0.0726 e. The van der Waals surface area contributed by atoms with Crippen LogP contribution in [0, 0.1) is 0 Å². The Labute approximate surface area is 90.0 Å². The number of rotatable bonds is 0. The highest BCUT2D eigenvalue weighted by atomic mass is 15.1. The van der Waals surface area contributed by atoms with Crippen molar-refractivity contribution in [1.82, 2.24) is 0 Å². The van der Waals surface area contributed by atoms with Crippen LogP contribution in [0.2, 0.25) is 0 Å². The van der Waals surface area contributed by atoms with Gasteiger partial charge < -0.3 is 4.90 Å². The predicted molar refractivity (Wildman–Crippen MR) is 64.9 cm³/mol. The Morgan fingerprint density at radius 3 is 2.93 bits per heavy atom. The molecule has 1 nitrogen and oxygen atoms in total. The topological polar surface area (TPSA) is 3.24 Å². The van der Waals surface area contributed by atoms with E-state index >= 15 is 0 Å². The molecule has 1 aromatic carbocycles. The van der Waals surface area contributed by atoms with Gasteiger partial charge in [0.25, 0.3) is 0 Å². The molecule has 0 radical (unpaired) electrons. The molecule has 0 aromatic heterocycles. The van der Waals surface area contributed by atoms with Gasteiger partial charge in [0.2, 0.25) is 0 Å². The molecule has 1 aliphatic heterocycles. The third kappa shape index (κ3) is 1.23. The first-order chi connectivity index (χ1) is 7.36. The predicted octanol–water partition coefficient (Wildman–Crippen LogP) is 3.01. The first kappa shape index (κ1) is 8.54. The van der Waals surface area contributed by atoms with Gasteiger partial charge in [-0.3, -0.25) is 0 Å². The molecule has 2 aliphatic rings. The Bertz CT molecular complexity index is 480. The van der Waals surface area contributed by atoms with E-state index in [1.54, 1.807) is 0 Å². The maximum atomic E-state index is 2.32. The zero-order chi connectivity index (χ0) is 10.3. The van der Waals surface area contributed by atoms with Crippen molar-refractivity contribution in [3.05, 3.63) is 59.7 Å². The van der Waals surface area contributed by atoms with E-state index in [9.17, 15) is 0 Å². The van der Waals surface area contributed by atoms with E-state index in [0.717, 1.165) is 0 Å². The number of benzene rings is 1. The first-order valence-corrected chi connectivity index (χ1v) is 5.24. The van der Waals surface area contributed by atoms with Gasteiger partial charge in [-0.25, -0.2) is 0 Å². The molecule has 1 aromatic rings.